The summed E-state index contributed by atoms with van der Waals surface area (Å²) in [7, 11) is 0. The first-order valence-corrected chi connectivity index (χ1v) is 47.2. The Hall–Kier alpha value is -17.2. The summed E-state index contributed by atoms with van der Waals surface area (Å²) in [5, 5.41) is 22.1. The van der Waals surface area contributed by atoms with E-state index < -0.39 is 0 Å². The lowest BCUT2D eigenvalue weighted by Gasteiger charge is -2.34. The second-order valence-electron chi connectivity index (χ2n) is 36.4. The van der Waals surface area contributed by atoms with E-state index in [1.807, 2.05) is 6.07 Å². The fourth-order valence-corrected chi connectivity index (χ4v) is 22.2. The van der Waals surface area contributed by atoms with Crippen molar-refractivity contribution < 1.29 is 0 Å². The van der Waals surface area contributed by atoms with Crippen LogP contribution in [0.3, 0.4) is 0 Å². The Balaban J connectivity index is 0.000000102. The van der Waals surface area contributed by atoms with Crippen LogP contribution in [0.15, 0.2) is 534 Å². The third-order valence-corrected chi connectivity index (χ3v) is 28.4. The first-order chi connectivity index (χ1) is 67.2. The zero-order valence-electron chi connectivity index (χ0n) is 75.8. The minimum atomic E-state index is -0.384. The predicted molar refractivity (Wildman–Crippen MR) is 572 cm³/mol. The molecule has 4 nitrogen and oxygen atoms in total. The van der Waals surface area contributed by atoms with Crippen LogP contribution < -0.4 is 21.3 Å². The highest BCUT2D eigenvalue weighted by molar-refractivity contribution is 5.98. The van der Waals surface area contributed by atoms with Gasteiger partial charge >= 0.3 is 0 Å². The van der Waals surface area contributed by atoms with Crippen molar-refractivity contribution >= 4 is 77.8 Å². The molecule has 0 saturated carbocycles. The fourth-order valence-electron chi connectivity index (χ4n) is 22.2. The summed E-state index contributed by atoms with van der Waals surface area (Å²) < 4.78 is 0. The molecule has 22 aromatic carbocycles. The lowest BCUT2D eigenvalue weighted by molar-refractivity contribution is 0.660. The van der Waals surface area contributed by atoms with Crippen LogP contribution in [0, 0.1) is 0 Å². The maximum atomic E-state index is 3.74. The van der Waals surface area contributed by atoms with Gasteiger partial charge in [0.25, 0.3) is 0 Å². The second-order valence-corrected chi connectivity index (χ2v) is 36.4. The van der Waals surface area contributed by atoms with Crippen LogP contribution in [0.25, 0.3) is 88.0 Å². The van der Waals surface area contributed by atoms with Crippen molar-refractivity contribution in [2.75, 3.05) is 21.3 Å². The third kappa shape index (κ3) is 14.8. The molecule has 0 heterocycles. The molecule has 0 aromatic heterocycles. The number of para-hydroxylation sites is 1. The summed E-state index contributed by atoms with van der Waals surface area (Å²) in [5.41, 5.74) is 39.1. The monoisotopic (exact) mass is 1740 g/mol. The topological polar surface area (TPSA) is 48.1 Å². The van der Waals surface area contributed by atoms with E-state index in [4.69, 9.17) is 0 Å². The van der Waals surface area contributed by atoms with Gasteiger partial charge in [0.1, 0.15) is 0 Å². The van der Waals surface area contributed by atoms with Crippen LogP contribution in [-0.2, 0) is 21.7 Å². The molecule has 26 rings (SSSR count). The van der Waals surface area contributed by atoms with Crippen molar-refractivity contribution in [2.24, 2.45) is 0 Å². The molecule has 4 aliphatic rings. The van der Waals surface area contributed by atoms with Crippen LogP contribution in [-0.4, -0.2) is 0 Å². The number of hydrogen-bond acceptors (Lipinski definition) is 4. The Morgan fingerprint density at radius 1 is 0.147 bits per heavy atom. The van der Waals surface area contributed by atoms with E-state index in [-0.39, 0.29) is 21.7 Å². The lowest BCUT2D eigenvalue weighted by atomic mass is 9.67. The molecule has 646 valence electrons. The molecule has 136 heavy (non-hydrogen) atoms. The van der Waals surface area contributed by atoms with Crippen LogP contribution in [0.4, 0.5) is 45.5 Å². The van der Waals surface area contributed by atoms with Crippen molar-refractivity contribution in [3.8, 4) is 55.6 Å². The number of benzene rings is 22. The molecule has 4 aliphatic carbocycles. The molecule has 0 aliphatic heterocycles. The van der Waals surface area contributed by atoms with Gasteiger partial charge in [0.2, 0.25) is 0 Å². The molecule has 0 atom stereocenters. The number of nitrogens with one attached hydrogen (secondary N) is 4. The van der Waals surface area contributed by atoms with Crippen molar-refractivity contribution in [2.45, 2.75) is 35.5 Å². The molecular formula is C132H98N4. The second kappa shape index (κ2) is 35.5. The molecule has 0 unspecified atom stereocenters. The van der Waals surface area contributed by atoms with E-state index in [2.05, 4.69) is 563 Å². The highest BCUT2D eigenvalue weighted by Gasteiger charge is 2.49. The van der Waals surface area contributed by atoms with E-state index in [0.29, 0.717) is 0 Å². The van der Waals surface area contributed by atoms with Gasteiger partial charge in [-0.1, -0.05) is 451 Å². The van der Waals surface area contributed by atoms with Crippen LogP contribution in [0.5, 0.6) is 0 Å². The number of hydrogen-bond donors (Lipinski definition) is 4. The predicted octanol–water partition coefficient (Wildman–Crippen LogP) is 34.2. The van der Waals surface area contributed by atoms with E-state index in [1.54, 1.807) is 0 Å². The summed E-state index contributed by atoms with van der Waals surface area (Å²) in [6, 6.07) is 192. The molecule has 0 saturated heterocycles. The first-order valence-electron chi connectivity index (χ1n) is 47.2. The molecule has 0 fully saturated rings. The zero-order valence-corrected chi connectivity index (χ0v) is 75.8. The van der Waals surface area contributed by atoms with E-state index >= 15 is 0 Å². The van der Waals surface area contributed by atoms with E-state index in [0.717, 1.165) is 45.5 Å². The number of anilines is 8. The Morgan fingerprint density at radius 2 is 0.412 bits per heavy atom. The van der Waals surface area contributed by atoms with Crippen LogP contribution in [0.2, 0.25) is 0 Å². The van der Waals surface area contributed by atoms with Crippen molar-refractivity contribution in [1.29, 1.82) is 0 Å². The highest BCUT2D eigenvalue weighted by Crippen LogP contribution is 2.61. The summed E-state index contributed by atoms with van der Waals surface area (Å²) in [6.45, 7) is 4.64. The Kier molecular flexibility index (Phi) is 21.7. The Morgan fingerprint density at radius 3 is 0.838 bits per heavy atom. The maximum Gasteiger partial charge on any atom is 0.0714 e. The Labute approximate surface area is 796 Å². The summed E-state index contributed by atoms with van der Waals surface area (Å²) in [5.74, 6) is 0. The molecule has 0 amide bonds. The molecule has 22 aromatic rings. The van der Waals surface area contributed by atoms with E-state index in [1.165, 1.54) is 166 Å². The fraction of sp³-hybridized carbons (Fsp3) is 0.0455. The summed E-state index contributed by atoms with van der Waals surface area (Å²) in [4.78, 5) is 0. The van der Waals surface area contributed by atoms with E-state index in [9.17, 15) is 0 Å². The average molecular weight is 1740 g/mol. The number of rotatable bonds is 15. The third-order valence-electron chi connectivity index (χ3n) is 28.4. The largest absolute Gasteiger partial charge is 0.356 e. The quantitative estimate of drug-likeness (QED) is 0.0826. The normalized spacial score (nSPS) is 13.3. The molecular weight excluding hydrogens is 1640 g/mol. The van der Waals surface area contributed by atoms with Gasteiger partial charge in [-0.25, -0.2) is 0 Å². The van der Waals surface area contributed by atoms with Crippen LogP contribution >= 0.6 is 0 Å². The highest BCUT2D eigenvalue weighted by atomic mass is 14.9. The summed E-state index contributed by atoms with van der Waals surface area (Å²) in [6.07, 6.45) is 0. The van der Waals surface area contributed by atoms with Gasteiger partial charge in [-0.15, -0.1) is 0 Å². The molecule has 0 spiro atoms. The first kappa shape index (κ1) is 83.2. The van der Waals surface area contributed by atoms with Crippen molar-refractivity contribution in [3.05, 3.63) is 612 Å². The van der Waals surface area contributed by atoms with Gasteiger partial charge in [-0.2, -0.15) is 0 Å². The van der Waals surface area contributed by atoms with Gasteiger partial charge in [0.15, 0.2) is 0 Å². The minimum absolute atomic E-state index is 0.0174. The minimum Gasteiger partial charge on any atom is -0.356 e. The lowest BCUT2D eigenvalue weighted by Crippen LogP contribution is -2.28. The van der Waals surface area contributed by atoms with Crippen molar-refractivity contribution in [3.63, 3.8) is 0 Å². The van der Waals surface area contributed by atoms with Crippen LogP contribution in [0.1, 0.15) is 91.7 Å². The smallest absolute Gasteiger partial charge is 0.0714 e. The standard InChI is InChI=1S/2C35H25N.C31H25N.C31H23N/c1-3-14-26(15-4-1)35(27-16-5-2-6-17-27)32-20-10-9-19-30(32)31-23-22-28(24-33(31)35)36-34-21-11-13-25-12-7-8-18-29(25)34;1-3-13-27(14-4-1)35(28-15-5-2-6-16-28)33-18-10-9-17-31(33)32-22-21-30(24-34(32)35)36-29-20-19-25-11-7-8-12-26(25)23-29;1-31(2)29-10-6-5-9-27(29)28-18-17-26(20-30(28)31)32-25-15-13-22(14-16-25)24-12-11-21-7-3-4-8-23(21)19-24;1-4-12-23(13-5-1)31(24-14-6-2-7-15-24)29-19-11-10-18-27(29)28-21-20-26(22-30(28)31)32-25-16-8-3-9-17-25/h2*1-24,36H;3-20,32H,1-2H3;1-22,32H. The van der Waals surface area contributed by atoms with Gasteiger partial charge in [-0.05, 0) is 258 Å². The van der Waals surface area contributed by atoms with Gasteiger partial charge in [-0.3, -0.25) is 0 Å². The summed E-state index contributed by atoms with van der Waals surface area (Å²) >= 11 is 0. The SMILES string of the molecule is CC1(C)c2ccccc2-c2ccc(Nc3ccc(-c4ccc5ccccc5c4)cc3)cc21.c1ccc(C2(c3ccccc3)c3ccccc3-c3ccc(Nc4ccc5ccccc5c4)cc32)cc1.c1ccc(C2(c3ccccc3)c3ccccc3-c3ccc(Nc4cccc5ccccc45)cc32)cc1.c1ccc(Nc2ccc3c(c2)C(c2ccccc2)(c2ccccc2)c2ccccc2-3)cc1. The molecule has 4 heteroatoms. The molecule has 0 radical (unpaired) electrons. The van der Waals surface area contributed by atoms with Gasteiger partial charge in [0.05, 0.1) is 16.2 Å². The van der Waals surface area contributed by atoms with Gasteiger partial charge < -0.3 is 21.3 Å². The Bertz CT molecular complexity index is 8030. The number of fused-ring (bicyclic) bond motifs is 15. The zero-order chi connectivity index (χ0) is 91.0. The molecule has 0 bridgehead atoms. The average Bonchev–Trinajstić information content (AvgIpc) is 1.55. The van der Waals surface area contributed by atoms with Gasteiger partial charge in [0, 0.05) is 56.3 Å². The maximum absolute atomic E-state index is 3.74. The molecule has 4 N–H and O–H groups in total. The van der Waals surface area contributed by atoms with Crippen molar-refractivity contribution in [1.82, 2.24) is 0 Å².